The molecule has 3 aromatic carbocycles. The fourth-order valence-electron chi connectivity index (χ4n) is 4.29. The Hall–Kier alpha value is -5.70. The number of ether oxygens (including phenoxy) is 2. The Morgan fingerprint density at radius 3 is 2.49 bits per heavy atom. The Labute approximate surface area is 244 Å². The summed E-state index contributed by atoms with van der Waals surface area (Å²) in [4.78, 5) is 42.8. The molecule has 0 unspecified atom stereocenters. The minimum Gasteiger partial charge on any atom is -0.478 e. The number of hydrazine groups is 1. The molecule has 1 aromatic heterocycles. The third-order valence-electron chi connectivity index (χ3n) is 6.16. The average molecular weight is 592 g/mol. The lowest BCUT2D eigenvalue weighted by Gasteiger charge is -2.14. The zero-order chi connectivity index (χ0) is 30.9. The van der Waals surface area contributed by atoms with Crippen LogP contribution in [0.4, 0.5) is 4.79 Å². The predicted molar refractivity (Wildman–Crippen MR) is 155 cm³/mol. The number of aromatic carboxylic acids is 1. The Morgan fingerprint density at radius 1 is 1.07 bits per heavy atom. The second-order valence-electron chi connectivity index (χ2n) is 8.99. The van der Waals surface area contributed by atoms with Crippen LogP contribution in [0.15, 0.2) is 71.8 Å². The molecular formula is C28H29N7O8. The first kappa shape index (κ1) is 30.3. The van der Waals surface area contributed by atoms with Gasteiger partial charge in [0.2, 0.25) is 0 Å². The van der Waals surface area contributed by atoms with E-state index in [-0.39, 0.29) is 31.0 Å². The molecule has 0 fully saturated rings. The van der Waals surface area contributed by atoms with Crippen molar-refractivity contribution < 1.29 is 34.1 Å². The number of hydrogen-bond donors (Lipinski definition) is 3. The van der Waals surface area contributed by atoms with Crippen LogP contribution in [0.1, 0.15) is 34.8 Å². The zero-order valence-corrected chi connectivity index (χ0v) is 23.1. The smallest absolute Gasteiger partial charge is 0.445 e. The van der Waals surface area contributed by atoms with Gasteiger partial charge in [0.15, 0.2) is 5.84 Å². The maximum Gasteiger partial charge on any atom is 0.445 e. The number of hydrazone groups is 1. The molecule has 43 heavy (non-hydrogen) atoms. The molecule has 4 rings (SSSR count). The summed E-state index contributed by atoms with van der Waals surface area (Å²) in [5.74, 6) is 4.58. The van der Waals surface area contributed by atoms with Gasteiger partial charge < -0.3 is 25.2 Å². The topological polar surface area (TPSA) is 211 Å². The molecule has 0 saturated heterocycles. The molecule has 4 aromatic rings. The first-order valence-electron chi connectivity index (χ1n) is 13.1. The fraction of sp³-hybridized carbons (Fsp3) is 0.214. The van der Waals surface area contributed by atoms with Gasteiger partial charge in [-0.25, -0.2) is 15.4 Å². The first-order chi connectivity index (χ1) is 20.7. The summed E-state index contributed by atoms with van der Waals surface area (Å²) in [6.07, 6.45) is -0.918. The van der Waals surface area contributed by atoms with E-state index < -0.39 is 17.1 Å². The number of nitrogens with zero attached hydrogens (tertiary/aromatic N) is 5. The standard InChI is InChI=1S/C28H29N7O8/c1-2-41-27-31-23-10-5-9-22(26(36)37)24(23)33(27)17-18-11-13-19(14-12-18)20-7-3-4-8-21(20)25(29)32-34(30)28(38)42-15-6-16-43-35(39)40/h3-5,7-14H,2,6,15-17,30H2,1H3,(H2,29,32)(H,36,37). The van der Waals surface area contributed by atoms with E-state index in [1.165, 1.54) is 6.07 Å². The lowest BCUT2D eigenvalue weighted by Crippen LogP contribution is -2.36. The highest BCUT2D eigenvalue weighted by Gasteiger charge is 2.19. The van der Waals surface area contributed by atoms with Crippen LogP contribution in [0, 0.1) is 10.1 Å². The van der Waals surface area contributed by atoms with E-state index in [9.17, 15) is 24.8 Å². The summed E-state index contributed by atoms with van der Waals surface area (Å²) in [7, 11) is 0. The Bertz CT molecular complexity index is 1650. The van der Waals surface area contributed by atoms with Crippen molar-refractivity contribution in [2.75, 3.05) is 19.8 Å². The van der Waals surface area contributed by atoms with E-state index in [0.29, 0.717) is 46.4 Å². The number of hydrogen-bond acceptors (Lipinski definition) is 10. The van der Waals surface area contributed by atoms with Gasteiger partial charge in [0.1, 0.15) is 0 Å². The lowest BCUT2D eigenvalue weighted by atomic mass is 9.98. The maximum absolute atomic E-state index is 12.1. The highest BCUT2D eigenvalue weighted by Crippen LogP contribution is 2.28. The van der Waals surface area contributed by atoms with Gasteiger partial charge >= 0.3 is 12.1 Å². The summed E-state index contributed by atoms with van der Waals surface area (Å²) in [6.45, 7) is 2.09. The number of rotatable bonds is 13. The largest absolute Gasteiger partial charge is 0.478 e. The van der Waals surface area contributed by atoms with E-state index in [2.05, 4.69) is 14.9 Å². The summed E-state index contributed by atoms with van der Waals surface area (Å²) < 4.78 is 12.4. The molecule has 0 bridgehead atoms. The Morgan fingerprint density at radius 2 is 1.79 bits per heavy atom. The molecule has 5 N–H and O–H groups in total. The summed E-state index contributed by atoms with van der Waals surface area (Å²) in [6, 6.07) is 19.9. The molecule has 0 spiro atoms. The van der Waals surface area contributed by atoms with Crippen molar-refractivity contribution in [1.29, 1.82) is 0 Å². The second kappa shape index (κ2) is 13.8. The van der Waals surface area contributed by atoms with E-state index in [0.717, 1.165) is 11.1 Å². The molecule has 0 saturated carbocycles. The fourth-order valence-corrected chi connectivity index (χ4v) is 4.29. The van der Waals surface area contributed by atoms with E-state index in [1.807, 2.05) is 43.3 Å². The quantitative estimate of drug-likeness (QED) is 0.0390. The van der Waals surface area contributed by atoms with E-state index in [1.54, 1.807) is 28.8 Å². The van der Waals surface area contributed by atoms with Crippen molar-refractivity contribution >= 4 is 28.9 Å². The van der Waals surface area contributed by atoms with Crippen LogP contribution in [0.2, 0.25) is 0 Å². The normalized spacial score (nSPS) is 11.3. The van der Waals surface area contributed by atoms with Crippen molar-refractivity contribution in [3.8, 4) is 17.1 Å². The summed E-state index contributed by atoms with van der Waals surface area (Å²) in [5, 5.41) is 23.3. The molecule has 0 aliphatic rings. The highest BCUT2D eigenvalue weighted by atomic mass is 16.9. The minimum atomic E-state index is -1.06. The molecule has 15 nitrogen and oxygen atoms in total. The molecule has 1 amide bonds. The van der Waals surface area contributed by atoms with Crippen LogP contribution in [-0.2, 0) is 16.1 Å². The number of fused-ring (bicyclic) bond motifs is 1. The number of carboxylic acids is 1. The number of nitrogens with two attached hydrogens (primary N) is 2. The van der Waals surface area contributed by atoms with Crippen LogP contribution < -0.4 is 16.3 Å². The highest BCUT2D eigenvalue weighted by molar-refractivity contribution is 6.04. The van der Waals surface area contributed by atoms with Gasteiger partial charge in [-0.15, -0.1) is 20.3 Å². The molecule has 0 radical (unpaired) electrons. The van der Waals surface area contributed by atoms with Gasteiger partial charge in [-0.3, -0.25) is 4.57 Å². The average Bonchev–Trinajstić information content (AvgIpc) is 3.33. The Balaban J connectivity index is 1.53. The van der Waals surface area contributed by atoms with Crippen molar-refractivity contribution in [2.45, 2.75) is 19.9 Å². The molecule has 1 heterocycles. The van der Waals surface area contributed by atoms with Crippen molar-refractivity contribution in [2.24, 2.45) is 16.7 Å². The van der Waals surface area contributed by atoms with Gasteiger partial charge in [-0.1, -0.05) is 54.6 Å². The number of aromatic nitrogens is 2. The predicted octanol–water partition coefficient (Wildman–Crippen LogP) is 3.38. The number of para-hydroxylation sites is 1. The third kappa shape index (κ3) is 7.34. The van der Waals surface area contributed by atoms with Crippen LogP contribution in [-0.4, -0.2) is 62.6 Å². The van der Waals surface area contributed by atoms with Crippen LogP contribution in [0.5, 0.6) is 6.01 Å². The number of carbonyl (C=O) groups excluding carboxylic acids is 1. The minimum absolute atomic E-state index is 0.0525. The zero-order valence-electron chi connectivity index (χ0n) is 23.1. The second-order valence-corrected chi connectivity index (χ2v) is 8.99. The van der Waals surface area contributed by atoms with E-state index >= 15 is 0 Å². The van der Waals surface area contributed by atoms with Gasteiger partial charge in [-0.2, -0.15) is 4.98 Å². The molecular weight excluding hydrogens is 562 g/mol. The summed E-state index contributed by atoms with van der Waals surface area (Å²) >= 11 is 0. The van der Waals surface area contributed by atoms with Crippen molar-refractivity contribution in [3.05, 3.63) is 93.5 Å². The third-order valence-corrected chi connectivity index (χ3v) is 6.16. The van der Waals surface area contributed by atoms with Gasteiger partial charge in [0.05, 0.1) is 43.0 Å². The van der Waals surface area contributed by atoms with E-state index in [4.69, 9.17) is 21.1 Å². The van der Waals surface area contributed by atoms with Crippen LogP contribution in [0.25, 0.3) is 22.2 Å². The number of amidine groups is 1. The number of carboxylic acid groups (broad SMARTS) is 1. The SMILES string of the molecule is CCOc1nc2cccc(C(=O)O)c2n1Cc1ccc(-c2ccccc2/C(N)=N/N(N)C(=O)OCCCO[N+](=O)[O-])cc1. The number of imidazole rings is 1. The first-order valence-corrected chi connectivity index (χ1v) is 13.1. The molecule has 0 atom stereocenters. The number of benzene rings is 3. The van der Waals surface area contributed by atoms with Crippen molar-refractivity contribution in [3.63, 3.8) is 0 Å². The monoisotopic (exact) mass is 591 g/mol. The van der Waals surface area contributed by atoms with Gasteiger partial charge in [0, 0.05) is 12.0 Å². The molecule has 0 aliphatic heterocycles. The lowest BCUT2D eigenvalue weighted by molar-refractivity contribution is -0.757. The number of amides is 1. The Kier molecular flexibility index (Phi) is 9.70. The number of carbonyl (C=O) groups is 2. The molecule has 224 valence electrons. The van der Waals surface area contributed by atoms with Crippen LogP contribution >= 0.6 is 0 Å². The van der Waals surface area contributed by atoms with Gasteiger partial charge in [0.25, 0.3) is 11.1 Å². The molecule has 0 aliphatic carbocycles. The van der Waals surface area contributed by atoms with Crippen molar-refractivity contribution in [1.82, 2.24) is 14.7 Å². The molecule has 15 heteroatoms. The van der Waals surface area contributed by atoms with Crippen LogP contribution in [0.3, 0.4) is 0 Å². The van der Waals surface area contributed by atoms with Gasteiger partial charge in [-0.05, 0) is 35.7 Å². The summed E-state index contributed by atoms with van der Waals surface area (Å²) in [5.41, 5.74) is 10.2. The maximum atomic E-state index is 12.1.